The van der Waals surface area contributed by atoms with Crippen LogP contribution in [0.1, 0.15) is 12.5 Å². The van der Waals surface area contributed by atoms with Gasteiger partial charge in [0.05, 0.1) is 19.9 Å². The van der Waals surface area contributed by atoms with E-state index in [1.807, 2.05) is 49.4 Å². The lowest BCUT2D eigenvalue weighted by Gasteiger charge is -2.10. The molecule has 2 aromatic heterocycles. The topological polar surface area (TPSA) is 85.9 Å². The van der Waals surface area contributed by atoms with Gasteiger partial charge in [-0.25, -0.2) is 0 Å². The molecular formula is C19H18N6O2. The first-order valence-electron chi connectivity index (χ1n) is 8.32. The normalized spacial score (nSPS) is 11.7. The van der Waals surface area contributed by atoms with Crippen molar-refractivity contribution in [2.75, 3.05) is 19.6 Å². The number of benzene rings is 2. The van der Waals surface area contributed by atoms with E-state index in [2.05, 4.69) is 25.8 Å². The molecule has 0 radical (unpaired) electrons. The Balaban J connectivity index is 1.71. The first kappa shape index (κ1) is 16.8. The number of methoxy groups -OCH3 is 2. The summed E-state index contributed by atoms with van der Waals surface area (Å²) in [5, 5.41) is 18.9. The third kappa shape index (κ3) is 3.01. The number of hydrogen-bond acceptors (Lipinski definition) is 7. The van der Waals surface area contributed by atoms with Crippen molar-refractivity contribution in [2.45, 2.75) is 6.92 Å². The van der Waals surface area contributed by atoms with Gasteiger partial charge in [-0.15, -0.1) is 15.3 Å². The van der Waals surface area contributed by atoms with Crippen LogP contribution in [0.2, 0.25) is 0 Å². The number of aromatic nitrogens is 4. The van der Waals surface area contributed by atoms with Crippen molar-refractivity contribution in [1.82, 2.24) is 19.8 Å². The van der Waals surface area contributed by atoms with Gasteiger partial charge in [0.2, 0.25) is 0 Å². The lowest BCUT2D eigenvalue weighted by molar-refractivity contribution is 0.355. The number of hydrazone groups is 1. The lowest BCUT2D eigenvalue weighted by Crippen LogP contribution is -2.04. The van der Waals surface area contributed by atoms with Crippen LogP contribution in [0.4, 0.5) is 5.82 Å². The first-order chi connectivity index (χ1) is 13.2. The second-order valence-corrected chi connectivity index (χ2v) is 5.87. The molecule has 0 aliphatic carbocycles. The maximum atomic E-state index is 5.36. The van der Waals surface area contributed by atoms with Gasteiger partial charge in [-0.2, -0.15) is 9.62 Å². The van der Waals surface area contributed by atoms with Crippen molar-refractivity contribution >= 4 is 27.9 Å². The monoisotopic (exact) mass is 362 g/mol. The summed E-state index contributed by atoms with van der Waals surface area (Å²) < 4.78 is 12.3. The van der Waals surface area contributed by atoms with E-state index in [0.717, 1.165) is 22.0 Å². The van der Waals surface area contributed by atoms with E-state index >= 15 is 0 Å². The molecule has 0 saturated carbocycles. The maximum absolute atomic E-state index is 5.36. The Hall–Kier alpha value is -3.68. The molecule has 0 saturated heterocycles. The Kier molecular flexibility index (Phi) is 4.29. The molecular weight excluding hydrogens is 344 g/mol. The molecule has 8 heteroatoms. The summed E-state index contributed by atoms with van der Waals surface area (Å²) in [6.07, 6.45) is 1.57. The van der Waals surface area contributed by atoms with Gasteiger partial charge in [0.25, 0.3) is 0 Å². The molecule has 0 spiro atoms. The highest BCUT2D eigenvalue weighted by atomic mass is 16.5. The summed E-state index contributed by atoms with van der Waals surface area (Å²) in [7, 11) is 3.22. The van der Waals surface area contributed by atoms with Crippen LogP contribution in [0.15, 0.2) is 53.9 Å². The average Bonchev–Trinajstić information content (AvgIpc) is 3.20. The van der Waals surface area contributed by atoms with Crippen molar-refractivity contribution in [1.29, 1.82) is 0 Å². The minimum absolute atomic E-state index is 0.623. The molecule has 0 atom stereocenters. The van der Waals surface area contributed by atoms with Crippen LogP contribution in [0.5, 0.6) is 11.5 Å². The fourth-order valence-electron chi connectivity index (χ4n) is 2.87. The van der Waals surface area contributed by atoms with E-state index in [-0.39, 0.29) is 0 Å². The highest BCUT2D eigenvalue weighted by Crippen LogP contribution is 2.28. The van der Waals surface area contributed by atoms with Gasteiger partial charge in [0, 0.05) is 16.3 Å². The molecule has 8 nitrogen and oxygen atoms in total. The van der Waals surface area contributed by atoms with Crippen molar-refractivity contribution in [2.24, 2.45) is 5.10 Å². The molecule has 2 heterocycles. The summed E-state index contributed by atoms with van der Waals surface area (Å²) in [6, 6.07) is 13.5. The third-order valence-electron chi connectivity index (χ3n) is 4.29. The Morgan fingerprint density at radius 3 is 2.59 bits per heavy atom. The second kappa shape index (κ2) is 6.91. The summed E-state index contributed by atoms with van der Waals surface area (Å²) in [5.41, 5.74) is 5.46. The SMILES string of the molecule is COc1ccc(C(C)=NNc2nn3cnnc3c3ccccc23)cc1OC. The Labute approximate surface area is 155 Å². The molecule has 2 aromatic carbocycles. The van der Waals surface area contributed by atoms with E-state index in [1.54, 1.807) is 25.1 Å². The highest BCUT2D eigenvalue weighted by Gasteiger charge is 2.10. The summed E-state index contributed by atoms with van der Waals surface area (Å²) in [6.45, 7) is 1.91. The predicted octanol–water partition coefficient (Wildman–Crippen LogP) is 3.13. The Morgan fingerprint density at radius 1 is 1.04 bits per heavy atom. The van der Waals surface area contributed by atoms with Gasteiger partial charge in [-0.05, 0) is 25.1 Å². The number of nitrogens with one attached hydrogen (secondary N) is 1. The summed E-state index contributed by atoms with van der Waals surface area (Å²) in [4.78, 5) is 0. The molecule has 4 rings (SSSR count). The minimum Gasteiger partial charge on any atom is -0.493 e. The molecule has 0 bridgehead atoms. The zero-order valence-electron chi connectivity index (χ0n) is 15.2. The van der Waals surface area contributed by atoms with Gasteiger partial charge in [0.1, 0.15) is 6.33 Å². The summed E-state index contributed by atoms with van der Waals surface area (Å²) in [5.74, 6) is 1.95. The Morgan fingerprint density at radius 2 is 1.81 bits per heavy atom. The van der Waals surface area contributed by atoms with E-state index in [9.17, 15) is 0 Å². The smallest absolute Gasteiger partial charge is 0.185 e. The Bertz CT molecular complexity index is 1150. The van der Waals surface area contributed by atoms with Gasteiger partial charge in [0.15, 0.2) is 23.0 Å². The van der Waals surface area contributed by atoms with E-state index in [1.165, 1.54) is 0 Å². The molecule has 0 unspecified atom stereocenters. The predicted molar refractivity (Wildman–Crippen MR) is 104 cm³/mol. The molecule has 27 heavy (non-hydrogen) atoms. The molecule has 1 N–H and O–H groups in total. The van der Waals surface area contributed by atoms with Crippen molar-refractivity contribution < 1.29 is 9.47 Å². The fourth-order valence-corrected chi connectivity index (χ4v) is 2.87. The van der Waals surface area contributed by atoms with Gasteiger partial charge >= 0.3 is 0 Å². The number of fused-ring (bicyclic) bond motifs is 3. The average molecular weight is 362 g/mol. The molecule has 136 valence electrons. The van der Waals surface area contributed by atoms with E-state index < -0.39 is 0 Å². The van der Waals surface area contributed by atoms with Crippen LogP contribution >= 0.6 is 0 Å². The second-order valence-electron chi connectivity index (χ2n) is 5.87. The van der Waals surface area contributed by atoms with Crippen LogP contribution in [-0.2, 0) is 0 Å². The van der Waals surface area contributed by atoms with Crippen LogP contribution in [0.3, 0.4) is 0 Å². The third-order valence-corrected chi connectivity index (χ3v) is 4.29. The van der Waals surface area contributed by atoms with Crippen LogP contribution in [0.25, 0.3) is 16.4 Å². The first-order valence-corrected chi connectivity index (χ1v) is 8.32. The number of rotatable bonds is 5. The highest BCUT2D eigenvalue weighted by molar-refractivity contribution is 6.02. The number of anilines is 1. The van der Waals surface area contributed by atoms with Crippen LogP contribution in [0, 0.1) is 0 Å². The van der Waals surface area contributed by atoms with Crippen LogP contribution < -0.4 is 14.9 Å². The van der Waals surface area contributed by atoms with Gasteiger partial charge < -0.3 is 9.47 Å². The van der Waals surface area contributed by atoms with E-state index in [0.29, 0.717) is 23.0 Å². The molecule has 0 amide bonds. The standard InChI is InChI=1S/C19H18N6O2/c1-12(13-8-9-16(26-2)17(10-13)27-3)21-22-18-14-6-4-5-7-15(14)19-23-20-11-25(19)24-18/h4-11H,1-3H3,(H,22,24). The molecule has 4 aromatic rings. The molecule has 0 aliphatic heterocycles. The van der Waals surface area contributed by atoms with Crippen molar-refractivity contribution in [3.05, 3.63) is 54.4 Å². The van der Waals surface area contributed by atoms with Crippen molar-refractivity contribution in [3.63, 3.8) is 0 Å². The van der Waals surface area contributed by atoms with Crippen molar-refractivity contribution in [3.8, 4) is 11.5 Å². The van der Waals surface area contributed by atoms with Gasteiger partial charge in [-0.3, -0.25) is 5.43 Å². The fraction of sp³-hybridized carbons (Fsp3) is 0.158. The zero-order valence-corrected chi connectivity index (χ0v) is 15.2. The lowest BCUT2D eigenvalue weighted by atomic mass is 10.1. The maximum Gasteiger partial charge on any atom is 0.185 e. The van der Waals surface area contributed by atoms with Gasteiger partial charge in [-0.1, -0.05) is 24.3 Å². The summed E-state index contributed by atoms with van der Waals surface area (Å²) >= 11 is 0. The number of nitrogens with zero attached hydrogens (tertiary/aromatic N) is 5. The van der Waals surface area contributed by atoms with Crippen LogP contribution in [-0.4, -0.2) is 39.7 Å². The molecule has 0 aliphatic rings. The van der Waals surface area contributed by atoms with E-state index in [4.69, 9.17) is 9.47 Å². The molecule has 0 fully saturated rings. The minimum atomic E-state index is 0.623. The number of hydrogen-bond donors (Lipinski definition) is 1. The quantitative estimate of drug-likeness (QED) is 0.434. The largest absolute Gasteiger partial charge is 0.493 e. The number of ether oxygens (including phenoxy) is 2. The zero-order chi connectivity index (χ0) is 18.8.